The highest BCUT2D eigenvalue weighted by atomic mass is 16.6. The van der Waals surface area contributed by atoms with Gasteiger partial charge in [0.15, 0.2) is 5.82 Å². The second-order valence-corrected chi connectivity index (χ2v) is 4.65. The van der Waals surface area contributed by atoms with Crippen molar-refractivity contribution in [1.82, 2.24) is 14.6 Å². The summed E-state index contributed by atoms with van der Waals surface area (Å²) < 4.78 is 6.49. The maximum atomic E-state index is 10.9. The second-order valence-electron chi connectivity index (χ2n) is 4.65. The molecule has 1 aliphatic heterocycles. The Kier molecular flexibility index (Phi) is 3.29. The van der Waals surface area contributed by atoms with Gasteiger partial charge in [-0.25, -0.2) is 9.50 Å². The van der Waals surface area contributed by atoms with E-state index < -0.39 is 35.9 Å². The van der Waals surface area contributed by atoms with Crippen LogP contribution < -0.4 is 0 Å². The van der Waals surface area contributed by atoms with Gasteiger partial charge in [0.25, 0.3) is 0 Å². The summed E-state index contributed by atoms with van der Waals surface area (Å²) in [5, 5.41) is 43.6. The van der Waals surface area contributed by atoms with Crippen molar-refractivity contribution in [1.29, 1.82) is 0 Å². The molecule has 1 aliphatic rings. The average molecular weight is 296 g/mol. The van der Waals surface area contributed by atoms with Crippen LogP contribution in [-0.2, 0) is 4.74 Å². The maximum Gasteiger partial charge on any atom is 0.313 e. The predicted octanol–water partition coefficient (Wildman–Crippen LogP) is -1.21. The molecule has 1 saturated heterocycles. The number of nitrogens with zero attached hydrogens (tertiary/aromatic N) is 4. The van der Waals surface area contributed by atoms with Crippen molar-refractivity contribution in [2.75, 3.05) is 6.61 Å². The Balaban J connectivity index is 2.02. The van der Waals surface area contributed by atoms with E-state index in [2.05, 4.69) is 10.1 Å². The van der Waals surface area contributed by atoms with Crippen LogP contribution in [-0.4, -0.2) is 59.8 Å². The molecule has 3 N–H and O–H groups in total. The van der Waals surface area contributed by atoms with E-state index in [-0.39, 0.29) is 17.2 Å². The Labute approximate surface area is 117 Å². The first-order chi connectivity index (χ1) is 10.0. The van der Waals surface area contributed by atoms with Crippen molar-refractivity contribution in [2.24, 2.45) is 0 Å². The number of fused-ring (bicyclic) bond motifs is 1. The van der Waals surface area contributed by atoms with Crippen LogP contribution in [0.1, 0.15) is 11.9 Å². The zero-order chi connectivity index (χ0) is 15.1. The number of nitro groups is 1. The fraction of sp³-hybridized carbons (Fsp3) is 0.455. The van der Waals surface area contributed by atoms with Gasteiger partial charge in [-0.2, -0.15) is 0 Å². The van der Waals surface area contributed by atoms with Crippen LogP contribution in [0.25, 0.3) is 5.65 Å². The first-order valence-corrected chi connectivity index (χ1v) is 6.15. The molecule has 0 radical (unpaired) electrons. The van der Waals surface area contributed by atoms with Crippen LogP contribution in [0.3, 0.4) is 0 Å². The molecule has 1 fully saturated rings. The van der Waals surface area contributed by atoms with Gasteiger partial charge in [0.05, 0.1) is 11.5 Å². The standard InChI is InChI=1S/C11H12N4O6/c16-4-6-7(17)8(18)9(21-6)10-12-11-5(15(19)20)2-1-3-14(11)13-10/h1-3,6-9,16-18H,4H2/t6-,7+,8-,9+/m0/s1. The van der Waals surface area contributed by atoms with E-state index in [4.69, 9.17) is 9.84 Å². The Morgan fingerprint density at radius 1 is 1.43 bits per heavy atom. The van der Waals surface area contributed by atoms with E-state index in [9.17, 15) is 20.3 Å². The smallest absolute Gasteiger partial charge is 0.313 e. The molecule has 2 aromatic heterocycles. The van der Waals surface area contributed by atoms with E-state index >= 15 is 0 Å². The third kappa shape index (κ3) is 2.14. The number of hydrogen-bond acceptors (Lipinski definition) is 8. The van der Waals surface area contributed by atoms with Crippen LogP contribution in [0.4, 0.5) is 5.69 Å². The largest absolute Gasteiger partial charge is 0.394 e. The number of aliphatic hydroxyl groups is 3. The van der Waals surface area contributed by atoms with Crippen molar-refractivity contribution in [3.8, 4) is 0 Å². The molecule has 10 nitrogen and oxygen atoms in total. The molecule has 3 heterocycles. The Morgan fingerprint density at radius 2 is 2.19 bits per heavy atom. The minimum Gasteiger partial charge on any atom is -0.394 e. The molecule has 0 bridgehead atoms. The third-order valence-electron chi connectivity index (χ3n) is 3.35. The van der Waals surface area contributed by atoms with Gasteiger partial charge in [0.2, 0.25) is 5.65 Å². The molecule has 10 heteroatoms. The van der Waals surface area contributed by atoms with Gasteiger partial charge in [0, 0.05) is 12.3 Å². The normalized spacial score (nSPS) is 29.1. The van der Waals surface area contributed by atoms with E-state index in [1.807, 2.05) is 0 Å². The summed E-state index contributed by atoms with van der Waals surface area (Å²) in [6.07, 6.45) is -3.14. The van der Waals surface area contributed by atoms with E-state index in [1.165, 1.54) is 22.8 Å². The van der Waals surface area contributed by atoms with Gasteiger partial charge >= 0.3 is 5.69 Å². The minimum atomic E-state index is -1.32. The Bertz CT molecular complexity index is 688. The summed E-state index contributed by atoms with van der Waals surface area (Å²) >= 11 is 0. The van der Waals surface area contributed by atoms with Crippen LogP contribution >= 0.6 is 0 Å². The molecule has 0 amide bonds. The molecule has 0 saturated carbocycles. The highest BCUT2D eigenvalue weighted by Crippen LogP contribution is 2.32. The lowest BCUT2D eigenvalue weighted by Gasteiger charge is -2.10. The lowest BCUT2D eigenvalue weighted by Crippen LogP contribution is -2.32. The number of hydrogen-bond donors (Lipinski definition) is 3. The van der Waals surface area contributed by atoms with Gasteiger partial charge in [-0.1, -0.05) is 0 Å². The van der Waals surface area contributed by atoms with Gasteiger partial charge < -0.3 is 20.1 Å². The molecule has 0 unspecified atom stereocenters. The molecule has 0 aliphatic carbocycles. The molecule has 0 aromatic carbocycles. The summed E-state index contributed by atoms with van der Waals surface area (Å²) in [7, 11) is 0. The number of aliphatic hydroxyl groups excluding tert-OH is 3. The fourth-order valence-electron chi connectivity index (χ4n) is 2.28. The lowest BCUT2D eigenvalue weighted by atomic mass is 10.1. The SMILES string of the molecule is O=[N+]([O-])c1cccn2nc([C@@H]3O[C@@H](CO)[C@@H](O)[C@@H]3O)nc12. The van der Waals surface area contributed by atoms with Gasteiger partial charge in [-0.3, -0.25) is 10.1 Å². The van der Waals surface area contributed by atoms with Crippen molar-refractivity contribution >= 4 is 11.3 Å². The van der Waals surface area contributed by atoms with Crippen LogP contribution in [0.2, 0.25) is 0 Å². The molecule has 2 aromatic rings. The van der Waals surface area contributed by atoms with Crippen LogP contribution in [0.5, 0.6) is 0 Å². The van der Waals surface area contributed by atoms with Gasteiger partial charge in [-0.05, 0) is 6.07 Å². The lowest BCUT2D eigenvalue weighted by molar-refractivity contribution is -0.383. The predicted molar refractivity (Wildman–Crippen MR) is 66.4 cm³/mol. The molecule has 4 atom stereocenters. The number of pyridine rings is 1. The molecular formula is C11H12N4O6. The molecule has 21 heavy (non-hydrogen) atoms. The summed E-state index contributed by atoms with van der Waals surface area (Å²) in [5.41, 5.74) is -0.224. The Morgan fingerprint density at radius 3 is 2.81 bits per heavy atom. The number of ether oxygens (including phenoxy) is 1. The van der Waals surface area contributed by atoms with Crippen LogP contribution in [0, 0.1) is 10.1 Å². The average Bonchev–Trinajstić information content (AvgIpc) is 3.01. The van der Waals surface area contributed by atoms with Crippen LogP contribution in [0.15, 0.2) is 18.3 Å². The second kappa shape index (κ2) is 5.00. The summed E-state index contributed by atoms with van der Waals surface area (Å²) in [6, 6.07) is 2.73. The minimum absolute atomic E-state index is 0.00630. The molecule has 0 spiro atoms. The van der Waals surface area contributed by atoms with Gasteiger partial charge in [-0.15, -0.1) is 5.10 Å². The molecule has 112 valence electrons. The zero-order valence-electron chi connectivity index (χ0n) is 10.6. The van der Waals surface area contributed by atoms with Crippen molar-refractivity contribution < 1.29 is 25.0 Å². The highest BCUT2D eigenvalue weighted by Gasteiger charge is 2.45. The number of aromatic nitrogens is 3. The summed E-state index contributed by atoms with van der Waals surface area (Å²) in [5.74, 6) is 0.00630. The van der Waals surface area contributed by atoms with Crippen molar-refractivity contribution in [3.63, 3.8) is 0 Å². The number of rotatable bonds is 3. The Hall–Kier alpha value is -2.14. The van der Waals surface area contributed by atoms with Crippen molar-refractivity contribution in [2.45, 2.75) is 24.4 Å². The van der Waals surface area contributed by atoms with E-state index in [0.29, 0.717) is 0 Å². The topological polar surface area (TPSA) is 143 Å². The van der Waals surface area contributed by atoms with Crippen molar-refractivity contribution in [3.05, 3.63) is 34.3 Å². The van der Waals surface area contributed by atoms with Gasteiger partial charge in [0.1, 0.15) is 24.4 Å². The fourth-order valence-corrected chi connectivity index (χ4v) is 2.28. The first-order valence-electron chi connectivity index (χ1n) is 6.15. The maximum absolute atomic E-state index is 10.9. The summed E-state index contributed by atoms with van der Waals surface area (Å²) in [4.78, 5) is 14.3. The molecule has 3 rings (SSSR count). The monoisotopic (exact) mass is 296 g/mol. The first kappa shape index (κ1) is 13.8. The highest BCUT2D eigenvalue weighted by molar-refractivity contribution is 5.58. The third-order valence-corrected chi connectivity index (χ3v) is 3.35. The van der Waals surface area contributed by atoms with E-state index in [0.717, 1.165) is 0 Å². The molecular weight excluding hydrogens is 284 g/mol. The quantitative estimate of drug-likeness (QED) is 0.473. The zero-order valence-corrected chi connectivity index (χ0v) is 10.6. The van der Waals surface area contributed by atoms with E-state index in [1.54, 1.807) is 0 Å². The summed E-state index contributed by atoms with van der Waals surface area (Å²) in [6.45, 7) is -0.470.